The van der Waals surface area contributed by atoms with Crippen LogP contribution in [-0.2, 0) is 21.3 Å². The van der Waals surface area contributed by atoms with Gasteiger partial charge in [0.15, 0.2) is 4.80 Å². The third kappa shape index (κ3) is 5.81. The fourth-order valence-corrected chi connectivity index (χ4v) is 7.21. The van der Waals surface area contributed by atoms with Gasteiger partial charge in [-0.25, -0.2) is 13.4 Å². The zero-order valence-electron chi connectivity index (χ0n) is 20.8. The van der Waals surface area contributed by atoms with Crippen molar-refractivity contribution in [3.63, 3.8) is 0 Å². The lowest BCUT2D eigenvalue weighted by Gasteiger charge is -2.29. The van der Waals surface area contributed by atoms with Crippen LogP contribution in [0.5, 0.6) is 0 Å². The second-order valence-corrected chi connectivity index (χ2v) is 12.3. The van der Waals surface area contributed by atoms with Gasteiger partial charge in [-0.3, -0.25) is 4.90 Å². The Kier molecular flexibility index (Phi) is 8.03. The summed E-state index contributed by atoms with van der Waals surface area (Å²) in [5.74, 6) is 0.575. The molecule has 7 nitrogen and oxygen atoms in total. The largest absolute Gasteiger partial charge is 0.379 e. The summed E-state index contributed by atoms with van der Waals surface area (Å²) in [6.07, 6.45) is 1.82. The standard InChI is InChI=1S/C27H34N4O3S2/c1-22-10-12-30(13-11-22)36(32,33)25-9-5-6-23(20-25)26-21-35-27(28-24-7-3-2-4-8-24)31(26)15-14-29-16-18-34-19-17-29/h2-9,20-22H,10-19H2,1H3. The first kappa shape index (κ1) is 25.4. The van der Waals surface area contributed by atoms with Gasteiger partial charge in [0, 0.05) is 50.2 Å². The van der Waals surface area contributed by atoms with Crippen molar-refractivity contribution >= 4 is 27.0 Å². The van der Waals surface area contributed by atoms with Gasteiger partial charge in [0.2, 0.25) is 10.0 Å². The molecule has 0 unspecified atom stereocenters. The molecule has 36 heavy (non-hydrogen) atoms. The van der Waals surface area contributed by atoms with Crippen LogP contribution in [0.15, 0.2) is 69.9 Å². The second-order valence-electron chi connectivity index (χ2n) is 9.57. The number of aromatic nitrogens is 1. The molecular formula is C27H34N4O3S2. The number of sulfonamides is 1. The van der Waals surface area contributed by atoms with E-state index < -0.39 is 10.0 Å². The Morgan fingerprint density at radius 2 is 1.72 bits per heavy atom. The van der Waals surface area contributed by atoms with Crippen LogP contribution in [0.2, 0.25) is 0 Å². The number of rotatable bonds is 7. The van der Waals surface area contributed by atoms with Gasteiger partial charge in [0.1, 0.15) is 0 Å². The average Bonchev–Trinajstić information content (AvgIpc) is 3.31. The number of para-hydroxylation sites is 1. The monoisotopic (exact) mass is 526 g/mol. The van der Waals surface area contributed by atoms with Gasteiger partial charge < -0.3 is 9.30 Å². The molecule has 2 aromatic carbocycles. The number of hydrogen-bond acceptors (Lipinski definition) is 6. The highest BCUT2D eigenvalue weighted by molar-refractivity contribution is 7.89. The van der Waals surface area contributed by atoms with Gasteiger partial charge in [-0.15, -0.1) is 11.3 Å². The summed E-state index contributed by atoms with van der Waals surface area (Å²) in [6, 6.07) is 17.4. The summed E-state index contributed by atoms with van der Waals surface area (Å²) < 4.78 is 36.2. The second kappa shape index (κ2) is 11.4. The lowest BCUT2D eigenvalue weighted by molar-refractivity contribution is 0.0363. The van der Waals surface area contributed by atoms with Crippen molar-refractivity contribution < 1.29 is 13.2 Å². The van der Waals surface area contributed by atoms with E-state index in [4.69, 9.17) is 9.73 Å². The molecule has 0 radical (unpaired) electrons. The molecule has 0 saturated carbocycles. The van der Waals surface area contributed by atoms with Crippen LogP contribution in [0.1, 0.15) is 19.8 Å². The van der Waals surface area contributed by atoms with Gasteiger partial charge in [-0.1, -0.05) is 37.3 Å². The predicted molar refractivity (Wildman–Crippen MR) is 144 cm³/mol. The molecule has 3 aromatic rings. The van der Waals surface area contributed by atoms with Crippen molar-refractivity contribution in [2.75, 3.05) is 45.9 Å². The Morgan fingerprint density at radius 3 is 2.47 bits per heavy atom. The van der Waals surface area contributed by atoms with Crippen LogP contribution >= 0.6 is 11.3 Å². The van der Waals surface area contributed by atoms with Gasteiger partial charge in [-0.2, -0.15) is 4.31 Å². The van der Waals surface area contributed by atoms with E-state index >= 15 is 0 Å². The number of morpholine rings is 1. The van der Waals surface area contributed by atoms with Crippen molar-refractivity contribution in [2.45, 2.75) is 31.2 Å². The molecule has 0 aliphatic carbocycles. The molecule has 0 N–H and O–H groups in total. The Hall–Kier alpha value is -2.30. The molecule has 0 atom stereocenters. The number of ether oxygens (including phenoxy) is 1. The van der Waals surface area contributed by atoms with E-state index in [2.05, 4.69) is 21.8 Å². The molecule has 1 aromatic heterocycles. The van der Waals surface area contributed by atoms with E-state index in [0.29, 0.717) is 23.9 Å². The van der Waals surface area contributed by atoms with Gasteiger partial charge >= 0.3 is 0 Å². The first-order valence-corrected chi connectivity index (χ1v) is 15.0. The summed E-state index contributed by atoms with van der Waals surface area (Å²) in [4.78, 5) is 8.59. The summed E-state index contributed by atoms with van der Waals surface area (Å²) in [5, 5.41) is 2.09. The molecule has 2 fully saturated rings. The molecule has 3 heterocycles. The maximum absolute atomic E-state index is 13.4. The Labute approximate surface area is 217 Å². The van der Waals surface area contributed by atoms with Crippen molar-refractivity contribution in [3.05, 3.63) is 64.8 Å². The number of hydrogen-bond donors (Lipinski definition) is 0. The van der Waals surface area contributed by atoms with Crippen LogP contribution < -0.4 is 4.80 Å². The predicted octanol–water partition coefficient (Wildman–Crippen LogP) is 4.20. The number of thiazole rings is 1. The normalized spacial score (nSPS) is 19.1. The van der Waals surface area contributed by atoms with Crippen molar-refractivity contribution in [2.24, 2.45) is 10.9 Å². The topological polar surface area (TPSA) is 67.1 Å². The summed E-state index contributed by atoms with van der Waals surface area (Å²) in [7, 11) is -3.52. The zero-order valence-corrected chi connectivity index (χ0v) is 22.4. The van der Waals surface area contributed by atoms with Crippen LogP contribution in [0.25, 0.3) is 11.3 Å². The highest BCUT2D eigenvalue weighted by Gasteiger charge is 2.28. The van der Waals surface area contributed by atoms with Crippen molar-refractivity contribution in [1.82, 2.24) is 13.8 Å². The third-order valence-electron chi connectivity index (χ3n) is 7.03. The van der Waals surface area contributed by atoms with E-state index in [1.807, 2.05) is 48.5 Å². The SMILES string of the molecule is CC1CCN(S(=O)(=O)c2cccc(-c3csc(=Nc4ccccc4)n3CCN3CCOCC3)c2)CC1. The molecule has 0 amide bonds. The lowest BCUT2D eigenvalue weighted by atomic mass is 10.0. The van der Waals surface area contributed by atoms with E-state index in [9.17, 15) is 8.42 Å². The Morgan fingerprint density at radius 1 is 0.972 bits per heavy atom. The number of piperidine rings is 1. The van der Waals surface area contributed by atoms with Gasteiger partial charge in [0.25, 0.3) is 0 Å². The summed E-state index contributed by atoms with van der Waals surface area (Å²) in [6.45, 7) is 8.40. The van der Waals surface area contributed by atoms with E-state index in [0.717, 1.165) is 74.0 Å². The molecular weight excluding hydrogens is 492 g/mol. The first-order valence-electron chi connectivity index (χ1n) is 12.7. The van der Waals surface area contributed by atoms with Crippen LogP contribution in [-0.4, -0.2) is 68.1 Å². The van der Waals surface area contributed by atoms with E-state index in [1.165, 1.54) is 0 Å². The minimum Gasteiger partial charge on any atom is -0.379 e. The highest BCUT2D eigenvalue weighted by atomic mass is 32.2. The van der Waals surface area contributed by atoms with E-state index in [-0.39, 0.29) is 0 Å². The third-order valence-corrected chi connectivity index (χ3v) is 9.79. The minimum absolute atomic E-state index is 0.363. The van der Waals surface area contributed by atoms with Crippen molar-refractivity contribution in [3.8, 4) is 11.3 Å². The summed E-state index contributed by atoms with van der Waals surface area (Å²) in [5.41, 5.74) is 2.79. The zero-order chi connectivity index (χ0) is 25.0. The average molecular weight is 527 g/mol. The number of benzene rings is 2. The highest BCUT2D eigenvalue weighted by Crippen LogP contribution is 2.28. The number of nitrogens with zero attached hydrogens (tertiary/aromatic N) is 4. The molecule has 2 saturated heterocycles. The maximum Gasteiger partial charge on any atom is 0.243 e. The van der Waals surface area contributed by atoms with Crippen molar-refractivity contribution in [1.29, 1.82) is 0 Å². The Bertz CT molecular complexity index is 1320. The molecule has 9 heteroatoms. The lowest BCUT2D eigenvalue weighted by Crippen LogP contribution is -2.39. The van der Waals surface area contributed by atoms with Gasteiger partial charge in [-0.05, 0) is 43.0 Å². The molecule has 0 spiro atoms. The maximum atomic E-state index is 13.4. The molecule has 2 aliphatic rings. The molecule has 5 rings (SSSR count). The molecule has 0 bridgehead atoms. The molecule has 2 aliphatic heterocycles. The van der Waals surface area contributed by atoms with Crippen LogP contribution in [0.3, 0.4) is 0 Å². The minimum atomic E-state index is -3.52. The van der Waals surface area contributed by atoms with Crippen LogP contribution in [0, 0.1) is 5.92 Å². The van der Waals surface area contributed by atoms with E-state index in [1.54, 1.807) is 21.7 Å². The fourth-order valence-electron chi connectivity index (χ4n) is 4.73. The fraction of sp³-hybridized carbons (Fsp3) is 0.444. The smallest absolute Gasteiger partial charge is 0.243 e. The Balaban J connectivity index is 1.49. The summed E-state index contributed by atoms with van der Waals surface area (Å²) >= 11 is 1.59. The molecule has 192 valence electrons. The quantitative estimate of drug-likeness (QED) is 0.463. The van der Waals surface area contributed by atoms with Gasteiger partial charge in [0.05, 0.1) is 29.5 Å². The first-order chi connectivity index (χ1) is 17.5. The van der Waals surface area contributed by atoms with Crippen LogP contribution in [0.4, 0.5) is 5.69 Å².